The minimum absolute atomic E-state index is 0.173. The number of rotatable bonds is 2. The summed E-state index contributed by atoms with van der Waals surface area (Å²) in [7, 11) is 0. The molecule has 2 aromatic rings. The van der Waals surface area contributed by atoms with Gasteiger partial charge in [-0.25, -0.2) is 0 Å². The Morgan fingerprint density at radius 3 is 2.12 bits per heavy atom. The highest BCUT2D eigenvalue weighted by atomic mass is 15.2. The molecule has 0 amide bonds. The molecule has 2 heteroatoms. The molecule has 3 rings (SSSR count). The first kappa shape index (κ1) is 9.97. The van der Waals surface area contributed by atoms with Crippen LogP contribution in [0.2, 0.25) is 0 Å². The zero-order valence-electron chi connectivity index (χ0n) is 9.43. The second kappa shape index (κ2) is 4.34. The average molecular weight is 222 g/mol. The lowest BCUT2D eigenvalue weighted by molar-refractivity contribution is 0.613. The number of benzene rings is 2. The average Bonchev–Trinajstić information content (AvgIpc) is 2.90. The van der Waals surface area contributed by atoms with E-state index in [1.165, 1.54) is 11.1 Å². The predicted molar refractivity (Wildman–Crippen MR) is 69.9 cm³/mol. The highest BCUT2D eigenvalue weighted by Crippen LogP contribution is 2.21. The molecule has 0 saturated carbocycles. The Balaban J connectivity index is 1.78. The van der Waals surface area contributed by atoms with Crippen molar-refractivity contribution in [2.24, 2.45) is 0 Å². The lowest BCUT2D eigenvalue weighted by Gasteiger charge is -2.14. The van der Waals surface area contributed by atoms with E-state index in [0.29, 0.717) is 0 Å². The van der Waals surface area contributed by atoms with Gasteiger partial charge in [-0.15, -0.1) is 0 Å². The molecule has 17 heavy (non-hydrogen) atoms. The first-order chi connectivity index (χ1) is 8.43. The summed E-state index contributed by atoms with van der Waals surface area (Å²) in [5.74, 6) is 0. The summed E-state index contributed by atoms with van der Waals surface area (Å²) in [5, 5.41) is 6.82. The maximum Gasteiger partial charge on any atom is 0.123 e. The summed E-state index contributed by atoms with van der Waals surface area (Å²) < 4.78 is 0. The molecule has 2 nitrogen and oxygen atoms in total. The smallest absolute Gasteiger partial charge is 0.123 e. The van der Waals surface area contributed by atoms with Crippen LogP contribution in [0.15, 0.2) is 66.9 Å². The van der Waals surface area contributed by atoms with Crippen molar-refractivity contribution in [1.82, 2.24) is 10.6 Å². The molecule has 0 radical (unpaired) electrons. The molecule has 0 saturated heterocycles. The van der Waals surface area contributed by atoms with Crippen LogP contribution in [0.4, 0.5) is 0 Å². The molecule has 1 aliphatic heterocycles. The van der Waals surface area contributed by atoms with Gasteiger partial charge in [-0.2, -0.15) is 0 Å². The van der Waals surface area contributed by atoms with Crippen molar-refractivity contribution in [2.45, 2.75) is 6.17 Å². The van der Waals surface area contributed by atoms with Gasteiger partial charge in [0.15, 0.2) is 0 Å². The van der Waals surface area contributed by atoms with Gasteiger partial charge >= 0.3 is 0 Å². The maximum atomic E-state index is 3.47. The Kier molecular flexibility index (Phi) is 2.54. The highest BCUT2D eigenvalue weighted by molar-refractivity contribution is 5.65. The van der Waals surface area contributed by atoms with E-state index in [9.17, 15) is 0 Å². The van der Waals surface area contributed by atoms with E-state index in [1.807, 2.05) is 30.5 Å². The second-order valence-corrected chi connectivity index (χ2v) is 4.08. The van der Waals surface area contributed by atoms with E-state index >= 15 is 0 Å². The number of hydrogen-bond acceptors (Lipinski definition) is 2. The molecule has 0 bridgehead atoms. The summed E-state index contributed by atoms with van der Waals surface area (Å²) >= 11 is 0. The molecule has 2 N–H and O–H groups in total. The van der Waals surface area contributed by atoms with Crippen molar-refractivity contribution >= 4 is 5.70 Å². The lowest BCUT2D eigenvalue weighted by Crippen LogP contribution is -2.22. The Morgan fingerprint density at radius 2 is 1.41 bits per heavy atom. The van der Waals surface area contributed by atoms with E-state index in [2.05, 4.69) is 47.0 Å². The van der Waals surface area contributed by atoms with E-state index < -0.39 is 0 Å². The largest absolute Gasteiger partial charge is 0.366 e. The van der Waals surface area contributed by atoms with E-state index in [-0.39, 0.29) is 6.17 Å². The highest BCUT2D eigenvalue weighted by Gasteiger charge is 2.16. The van der Waals surface area contributed by atoms with Crippen LogP contribution in [0.25, 0.3) is 5.70 Å². The molecule has 84 valence electrons. The molecule has 1 heterocycles. The molecular weight excluding hydrogens is 208 g/mol. The standard InChI is InChI=1S/C15H14N2/c1-3-7-12(8-4-1)14-11-16-15(17-14)13-9-5-2-6-10-13/h1-11,15-17H. The first-order valence-electron chi connectivity index (χ1n) is 5.76. The summed E-state index contributed by atoms with van der Waals surface area (Å²) in [4.78, 5) is 0. The number of hydrogen-bond donors (Lipinski definition) is 2. The molecule has 1 atom stereocenters. The minimum Gasteiger partial charge on any atom is -0.366 e. The Labute approximate surface area is 101 Å². The van der Waals surface area contributed by atoms with Crippen molar-refractivity contribution in [3.05, 3.63) is 78.0 Å². The van der Waals surface area contributed by atoms with Crippen LogP contribution in [-0.2, 0) is 0 Å². The third kappa shape index (κ3) is 2.02. The van der Waals surface area contributed by atoms with Crippen LogP contribution in [0.5, 0.6) is 0 Å². The summed E-state index contributed by atoms with van der Waals surface area (Å²) in [5.41, 5.74) is 3.59. The van der Waals surface area contributed by atoms with Crippen LogP contribution < -0.4 is 10.6 Å². The molecule has 0 fully saturated rings. The van der Waals surface area contributed by atoms with Crippen LogP contribution in [-0.4, -0.2) is 0 Å². The minimum atomic E-state index is 0.173. The maximum absolute atomic E-state index is 3.47. The van der Waals surface area contributed by atoms with Crippen LogP contribution >= 0.6 is 0 Å². The van der Waals surface area contributed by atoms with Gasteiger partial charge < -0.3 is 10.6 Å². The van der Waals surface area contributed by atoms with Gasteiger partial charge in [0.05, 0.1) is 5.70 Å². The topological polar surface area (TPSA) is 24.1 Å². The van der Waals surface area contributed by atoms with Gasteiger partial charge in [0, 0.05) is 6.20 Å². The zero-order chi connectivity index (χ0) is 11.5. The fourth-order valence-corrected chi connectivity index (χ4v) is 2.01. The molecular formula is C15H14N2. The summed E-state index contributed by atoms with van der Waals surface area (Å²) in [6.07, 6.45) is 2.21. The Morgan fingerprint density at radius 1 is 0.765 bits per heavy atom. The van der Waals surface area contributed by atoms with Crippen LogP contribution in [0.1, 0.15) is 17.3 Å². The first-order valence-corrected chi connectivity index (χ1v) is 5.76. The van der Waals surface area contributed by atoms with E-state index in [4.69, 9.17) is 0 Å². The van der Waals surface area contributed by atoms with Crippen LogP contribution in [0.3, 0.4) is 0 Å². The van der Waals surface area contributed by atoms with Crippen molar-refractivity contribution in [2.75, 3.05) is 0 Å². The van der Waals surface area contributed by atoms with Gasteiger partial charge in [-0.1, -0.05) is 60.7 Å². The fraction of sp³-hybridized carbons (Fsp3) is 0.0667. The molecule has 0 spiro atoms. The third-order valence-corrected chi connectivity index (χ3v) is 2.91. The van der Waals surface area contributed by atoms with Gasteiger partial charge in [-0.3, -0.25) is 0 Å². The van der Waals surface area contributed by atoms with Crippen molar-refractivity contribution in [3.63, 3.8) is 0 Å². The Hall–Kier alpha value is -2.22. The second-order valence-electron chi connectivity index (χ2n) is 4.08. The number of nitrogens with one attached hydrogen (secondary N) is 2. The van der Waals surface area contributed by atoms with E-state index in [1.54, 1.807) is 0 Å². The predicted octanol–water partition coefficient (Wildman–Crippen LogP) is 2.88. The molecule has 1 unspecified atom stereocenters. The quantitative estimate of drug-likeness (QED) is 0.816. The molecule has 2 aromatic carbocycles. The van der Waals surface area contributed by atoms with Crippen LogP contribution in [0, 0.1) is 0 Å². The lowest BCUT2D eigenvalue weighted by atomic mass is 10.1. The fourth-order valence-electron chi connectivity index (χ4n) is 2.01. The van der Waals surface area contributed by atoms with Crippen molar-refractivity contribution in [1.29, 1.82) is 0 Å². The van der Waals surface area contributed by atoms with Gasteiger partial charge in [-0.05, 0) is 11.1 Å². The third-order valence-electron chi connectivity index (χ3n) is 2.91. The van der Waals surface area contributed by atoms with Crippen molar-refractivity contribution < 1.29 is 0 Å². The van der Waals surface area contributed by atoms with Crippen molar-refractivity contribution in [3.8, 4) is 0 Å². The molecule has 0 aromatic heterocycles. The zero-order valence-corrected chi connectivity index (χ0v) is 9.43. The van der Waals surface area contributed by atoms with Gasteiger partial charge in [0.2, 0.25) is 0 Å². The van der Waals surface area contributed by atoms with Gasteiger partial charge in [0.1, 0.15) is 6.17 Å². The van der Waals surface area contributed by atoms with E-state index in [0.717, 1.165) is 5.70 Å². The van der Waals surface area contributed by atoms with Gasteiger partial charge in [0.25, 0.3) is 0 Å². The monoisotopic (exact) mass is 222 g/mol. The SMILES string of the molecule is C1=C(c2ccccc2)NC(c2ccccc2)N1. The Bertz CT molecular complexity index is 517. The molecule has 1 aliphatic rings. The molecule has 0 aliphatic carbocycles. The normalized spacial score (nSPS) is 18.1. The summed E-state index contributed by atoms with van der Waals surface area (Å²) in [6, 6.07) is 20.7. The summed E-state index contributed by atoms with van der Waals surface area (Å²) in [6.45, 7) is 0.